The first-order chi connectivity index (χ1) is 18.8. The first-order valence-electron chi connectivity index (χ1n) is 12.2. The summed E-state index contributed by atoms with van der Waals surface area (Å²) < 4.78 is 37.5. The first-order valence-corrected chi connectivity index (χ1v) is 14.5. The number of nitrogens with one attached hydrogen (secondary N) is 1. The van der Waals surface area contributed by atoms with Crippen LogP contribution in [-0.2, 0) is 9.84 Å². The summed E-state index contributed by atoms with van der Waals surface area (Å²) in [4.78, 5) is 18.6. The zero-order chi connectivity index (χ0) is 27.4. The average molecular weight is 564 g/mol. The lowest BCUT2D eigenvalue weighted by Crippen LogP contribution is -2.36. The lowest BCUT2D eigenvalue weighted by molar-refractivity contribution is 0.204. The number of ether oxygens (including phenoxy) is 2. The van der Waals surface area contributed by atoms with Gasteiger partial charge in [-0.05, 0) is 65.7 Å². The third-order valence-corrected chi connectivity index (χ3v) is 8.07. The maximum Gasteiger partial charge on any atom is 0.318 e. The summed E-state index contributed by atoms with van der Waals surface area (Å²) in [7, 11) is -3.57. The van der Waals surface area contributed by atoms with Crippen LogP contribution in [0.1, 0.15) is 22.4 Å². The van der Waals surface area contributed by atoms with Gasteiger partial charge in [0, 0.05) is 36.6 Å². The molecule has 1 fully saturated rings. The number of aromatic nitrogens is 1. The molecule has 2 unspecified atom stereocenters. The fourth-order valence-corrected chi connectivity index (χ4v) is 5.62. The van der Waals surface area contributed by atoms with Crippen LogP contribution in [0.2, 0.25) is 5.02 Å². The van der Waals surface area contributed by atoms with Gasteiger partial charge >= 0.3 is 6.03 Å². The van der Waals surface area contributed by atoms with Gasteiger partial charge in [-0.1, -0.05) is 41.9 Å². The molecule has 2 atom stereocenters. The molecule has 4 aromatic rings. The van der Waals surface area contributed by atoms with E-state index in [1.54, 1.807) is 77.8 Å². The summed E-state index contributed by atoms with van der Waals surface area (Å²) in [5.74, 6) is 2.18. The van der Waals surface area contributed by atoms with Crippen molar-refractivity contribution in [3.63, 3.8) is 0 Å². The van der Waals surface area contributed by atoms with Crippen LogP contribution in [0, 0.1) is 0 Å². The van der Waals surface area contributed by atoms with E-state index in [1.165, 1.54) is 6.26 Å². The van der Waals surface area contributed by atoms with Gasteiger partial charge in [-0.2, -0.15) is 0 Å². The zero-order valence-electron chi connectivity index (χ0n) is 21.0. The zero-order valence-corrected chi connectivity index (χ0v) is 22.6. The molecule has 1 aromatic heterocycles. The molecule has 0 radical (unpaired) electrons. The number of halogens is 1. The molecule has 1 N–H and O–H groups in total. The molecule has 0 aliphatic carbocycles. The Balaban J connectivity index is 1.35. The maximum absolute atomic E-state index is 12.9. The van der Waals surface area contributed by atoms with Gasteiger partial charge in [0.2, 0.25) is 5.88 Å². The van der Waals surface area contributed by atoms with E-state index in [2.05, 4.69) is 10.3 Å². The number of sulfone groups is 1. The highest BCUT2D eigenvalue weighted by atomic mass is 35.5. The van der Waals surface area contributed by atoms with Crippen molar-refractivity contribution in [3.8, 4) is 23.1 Å². The molecular weight excluding hydrogens is 538 g/mol. The van der Waals surface area contributed by atoms with Crippen LogP contribution in [0.15, 0.2) is 97.2 Å². The van der Waals surface area contributed by atoms with Crippen molar-refractivity contribution in [2.24, 2.45) is 0 Å². The summed E-state index contributed by atoms with van der Waals surface area (Å²) >= 11 is 5.93. The lowest BCUT2D eigenvalue weighted by Gasteiger charge is -2.28. The molecule has 5 rings (SSSR count). The minimum atomic E-state index is -3.57. The number of carbonyl (C=O) groups is 1. The summed E-state index contributed by atoms with van der Waals surface area (Å²) in [5, 5.41) is 2.52. The Morgan fingerprint density at radius 1 is 0.949 bits per heavy atom. The number of urea groups is 1. The first kappa shape index (κ1) is 26.5. The molecule has 2 amide bonds. The minimum Gasteiger partial charge on any atom is -0.457 e. The number of amides is 2. The maximum atomic E-state index is 12.9. The van der Waals surface area contributed by atoms with Crippen LogP contribution < -0.4 is 14.8 Å². The average Bonchev–Trinajstić information content (AvgIpc) is 3.29. The van der Waals surface area contributed by atoms with Crippen LogP contribution in [0.3, 0.4) is 0 Å². The molecule has 39 heavy (non-hydrogen) atoms. The molecule has 0 spiro atoms. The predicted octanol–water partition coefficient (Wildman–Crippen LogP) is 6.17. The molecule has 1 saturated heterocycles. The Kier molecular flexibility index (Phi) is 7.72. The van der Waals surface area contributed by atoms with E-state index in [9.17, 15) is 13.2 Å². The molecule has 200 valence electrons. The molecule has 0 saturated carbocycles. The molecule has 1 aliphatic rings. The van der Waals surface area contributed by atoms with E-state index in [1.807, 2.05) is 24.3 Å². The number of pyridine rings is 1. The quantitative estimate of drug-likeness (QED) is 0.261. The number of nitrogens with zero attached hydrogens (tertiary/aromatic N) is 2. The Morgan fingerprint density at radius 3 is 2.33 bits per heavy atom. The van der Waals surface area contributed by atoms with Crippen molar-refractivity contribution in [3.05, 3.63) is 113 Å². The summed E-state index contributed by atoms with van der Waals surface area (Å²) in [6, 6.07) is 25.8. The largest absolute Gasteiger partial charge is 0.457 e. The lowest BCUT2D eigenvalue weighted by atomic mass is 10.0. The smallest absolute Gasteiger partial charge is 0.318 e. The van der Waals surface area contributed by atoms with Crippen LogP contribution in [0.5, 0.6) is 23.1 Å². The number of rotatable bonds is 9. The van der Waals surface area contributed by atoms with E-state index in [0.717, 1.165) is 5.56 Å². The van der Waals surface area contributed by atoms with E-state index < -0.39 is 15.1 Å². The molecule has 8 nitrogen and oxygen atoms in total. The van der Waals surface area contributed by atoms with Crippen LogP contribution in [-0.4, -0.2) is 43.7 Å². The number of hydrogen-bond donors (Lipinski definition) is 1. The van der Waals surface area contributed by atoms with Gasteiger partial charge in [0.15, 0.2) is 9.84 Å². The van der Waals surface area contributed by atoms with Crippen molar-refractivity contribution < 1.29 is 22.7 Å². The van der Waals surface area contributed by atoms with E-state index in [-0.39, 0.29) is 18.6 Å². The van der Waals surface area contributed by atoms with Crippen molar-refractivity contribution in [1.82, 2.24) is 15.2 Å². The second-order valence-corrected chi connectivity index (χ2v) is 11.8. The molecule has 10 heteroatoms. The standard InChI is InChI=1S/C29H26ClN3O5S/c1-39(35,36)27(20-8-12-23(13-9-20)37-24-14-10-22(30)11-15-24)19-33-26(18-32-29(33)34)21-5-4-6-25(17-21)38-28-7-2-3-16-31-28/h2-17,26-27H,18-19H2,1H3,(H,32,34). The fourth-order valence-electron chi connectivity index (χ4n) is 4.41. The Bertz CT molecular complexity index is 1550. The molecule has 1 aliphatic heterocycles. The van der Waals surface area contributed by atoms with Gasteiger partial charge in [-0.25, -0.2) is 18.2 Å². The highest BCUT2D eigenvalue weighted by Crippen LogP contribution is 2.33. The second-order valence-electron chi connectivity index (χ2n) is 9.14. The highest BCUT2D eigenvalue weighted by Gasteiger charge is 2.36. The third kappa shape index (κ3) is 6.50. The Morgan fingerprint density at radius 2 is 1.67 bits per heavy atom. The van der Waals surface area contributed by atoms with E-state index in [4.69, 9.17) is 21.1 Å². The fraction of sp³-hybridized carbons (Fsp3) is 0.172. The number of carbonyl (C=O) groups excluding carboxylic acids is 1. The van der Waals surface area contributed by atoms with Gasteiger partial charge in [0.25, 0.3) is 0 Å². The monoisotopic (exact) mass is 563 g/mol. The molecule has 0 bridgehead atoms. The Hall–Kier alpha value is -4.08. The van der Waals surface area contributed by atoms with Gasteiger partial charge in [-0.3, -0.25) is 0 Å². The van der Waals surface area contributed by atoms with Crippen LogP contribution in [0.25, 0.3) is 0 Å². The number of benzene rings is 3. The second kappa shape index (κ2) is 11.3. The van der Waals surface area contributed by atoms with Crippen LogP contribution in [0.4, 0.5) is 4.79 Å². The van der Waals surface area contributed by atoms with Crippen molar-refractivity contribution in [2.45, 2.75) is 11.3 Å². The van der Waals surface area contributed by atoms with E-state index in [0.29, 0.717) is 40.3 Å². The normalized spacial score (nSPS) is 16.0. The van der Waals surface area contributed by atoms with Crippen molar-refractivity contribution in [1.29, 1.82) is 0 Å². The Labute approximate surface area is 232 Å². The van der Waals surface area contributed by atoms with Gasteiger partial charge in [0.1, 0.15) is 22.5 Å². The molecule has 3 aromatic carbocycles. The summed E-state index contributed by atoms with van der Waals surface area (Å²) in [5.41, 5.74) is 1.38. The number of hydrogen-bond acceptors (Lipinski definition) is 6. The van der Waals surface area contributed by atoms with Crippen molar-refractivity contribution in [2.75, 3.05) is 19.3 Å². The molecular formula is C29H26ClN3O5S. The topological polar surface area (TPSA) is 97.8 Å². The predicted molar refractivity (Wildman–Crippen MR) is 149 cm³/mol. The third-order valence-electron chi connectivity index (χ3n) is 6.37. The van der Waals surface area contributed by atoms with Crippen LogP contribution >= 0.6 is 11.6 Å². The summed E-state index contributed by atoms with van der Waals surface area (Å²) in [6.07, 6.45) is 2.82. The van der Waals surface area contributed by atoms with Crippen molar-refractivity contribution >= 4 is 27.5 Å². The molecule has 2 heterocycles. The van der Waals surface area contributed by atoms with Gasteiger partial charge in [0.05, 0.1) is 6.04 Å². The highest BCUT2D eigenvalue weighted by molar-refractivity contribution is 7.91. The minimum absolute atomic E-state index is 0.0158. The SMILES string of the molecule is CS(=O)(=O)C(CN1C(=O)NCC1c1cccc(Oc2ccccn2)c1)c1ccc(Oc2ccc(Cl)cc2)cc1. The van der Waals surface area contributed by atoms with Gasteiger partial charge in [-0.15, -0.1) is 0 Å². The van der Waals surface area contributed by atoms with Gasteiger partial charge < -0.3 is 19.7 Å². The van der Waals surface area contributed by atoms with E-state index >= 15 is 0 Å². The summed E-state index contributed by atoms with van der Waals surface area (Å²) in [6.45, 7) is 0.328.